The number of aryl methyl sites for hydroxylation is 1. The fourth-order valence-corrected chi connectivity index (χ4v) is 2.89. The molecule has 1 heterocycles. The van der Waals surface area contributed by atoms with Gasteiger partial charge in [-0.3, -0.25) is 0 Å². The van der Waals surface area contributed by atoms with Crippen LogP contribution in [0.5, 0.6) is 0 Å². The molecule has 0 bridgehead atoms. The van der Waals surface area contributed by atoms with E-state index in [1.807, 2.05) is 25.1 Å². The number of thiol groups is 1. The summed E-state index contributed by atoms with van der Waals surface area (Å²) < 4.78 is 0.950. The van der Waals surface area contributed by atoms with E-state index in [2.05, 4.69) is 12.6 Å². The van der Waals surface area contributed by atoms with Crippen LogP contribution in [0.25, 0.3) is 10.1 Å². The quantitative estimate of drug-likeness (QED) is 0.730. The molecule has 1 N–H and O–H groups in total. The summed E-state index contributed by atoms with van der Waals surface area (Å²) in [6.45, 7) is 1.82. The van der Waals surface area contributed by atoms with Gasteiger partial charge >= 0.3 is 5.97 Å². The minimum absolute atomic E-state index is 0.404. The third-order valence-corrected chi connectivity index (χ3v) is 3.76. The lowest BCUT2D eigenvalue weighted by molar-refractivity contribution is 0.0699. The van der Waals surface area contributed by atoms with Crippen LogP contribution in [0.2, 0.25) is 0 Å². The van der Waals surface area contributed by atoms with Crippen LogP contribution >= 0.6 is 24.0 Å². The third-order valence-electron chi connectivity index (χ3n) is 2.08. The summed E-state index contributed by atoms with van der Waals surface area (Å²) in [7, 11) is 0. The van der Waals surface area contributed by atoms with E-state index in [1.54, 1.807) is 0 Å². The number of carboxylic acid groups (broad SMARTS) is 1. The molecule has 0 saturated carbocycles. The van der Waals surface area contributed by atoms with Gasteiger partial charge in [0.05, 0.1) is 5.56 Å². The van der Waals surface area contributed by atoms with Crippen LogP contribution in [-0.4, -0.2) is 11.1 Å². The Labute approximate surface area is 90.6 Å². The molecule has 0 fully saturated rings. The highest BCUT2D eigenvalue weighted by atomic mass is 32.1. The average molecular weight is 224 g/mol. The summed E-state index contributed by atoms with van der Waals surface area (Å²) in [5.41, 5.74) is 0.404. The predicted molar refractivity (Wildman–Crippen MR) is 60.8 cm³/mol. The number of hydrogen-bond donors (Lipinski definition) is 2. The maximum absolute atomic E-state index is 11.0. The van der Waals surface area contributed by atoms with E-state index in [0.29, 0.717) is 5.56 Å². The van der Waals surface area contributed by atoms with Crippen molar-refractivity contribution in [2.75, 3.05) is 0 Å². The summed E-state index contributed by atoms with van der Waals surface area (Å²) in [6, 6.07) is 5.51. The van der Waals surface area contributed by atoms with Gasteiger partial charge in [-0.25, -0.2) is 4.79 Å². The first kappa shape index (κ1) is 9.55. The van der Waals surface area contributed by atoms with Crippen molar-refractivity contribution in [3.05, 3.63) is 28.6 Å². The van der Waals surface area contributed by atoms with Crippen molar-refractivity contribution in [2.24, 2.45) is 0 Å². The zero-order chi connectivity index (χ0) is 10.3. The Balaban J connectivity index is 2.90. The van der Waals surface area contributed by atoms with Gasteiger partial charge in [-0.1, -0.05) is 12.1 Å². The van der Waals surface area contributed by atoms with E-state index in [9.17, 15) is 4.79 Å². The molecular weight excluding hydrogens is 216 g/mol. The van der Waals surface area contributed by atoms with Crippen LogP contribution in [0.1, 0.15) is 15.2 Å². The van der Waals surface area contributed by atoms with Gasteiger partial charge in [-0.15, -0.1) is 24.0 Å². The molecule has 0 aliphatic rings. The van der Waals surface area contributed by atoms with E-state index in [1.165, 1.54) is 11.3 Å². The zero-order valence-electron chi connectivity index (χ0n) is 7.44. The van der Waals surface area contributed by atoms with Crippen molar-refractivity contribution in [3.8, 4) is 0 Å². The Morgan fingerprint density at radius 2 is 2.21 bits per heavy atom. The van der Waals surface area contributed by atoms with E-state index in [0.717, 1.165) is 19.9 Å². The number of benzene rings is 1. The molecule has 0 unspecified atom stereocenters. The van der Waals surface area contributed by atoms with Crippen LogP contribution in [0.15, 0.2) is 23.1 Å². The van der Waals surface area contributed by atoms with E-state index >= 15 is 0 Å². The molecule has 0 radical (unpaired) electrons. The Kier molecular flexibility index (Phi) is 2.25. The van der Waals surface area contributed by atoms with Crippen LogP contribution in [-0.2, 0) is 0 Å². The SMILES string of the molecule is Cc1sc2c(S)cccc2c1C(=O)O. The first-order valence-electron chi connectivity index (χ1n) is 4.05. The lowest BCUT2D eigenvalue weighted by Gasteiger charge is -1.94. The Morgan fingerprint density at radius 3 is 2.86 bits per heavy atom. The third kappa shape index (κ3) is 1.31. The van der Waals surface area contributed by atoms with Gasteiger partial charge in [0.2, 0.25) is 0 Å². The van der Waals surface area contributed by atoms with Crippen molar-refractivity contribution >= 4 is 40.0 Å². The highest BCUT2D eigenvalue weighted by Crippen LogP contribution is 2.34. The molecule has 0 spiro atoms. The summed E-state index contributed by atoms with van der Waals surface area (Å²) in [4.78, 5) is 12.7. The maximum atomic E-state index is 11.0. The topological polar surface area (TPSA) is 37.3 Å². The first-order valence-corrected chi connectivity index (χ1v) is 5.32. The summed E-state index contributed by atoms with van der Waals surface area (Å²) in [5, 5.41) is 9.81. The molecule has 2 rings (SSSR count). The molecule has 0 aliphatic heterocycles. The highest BCUT2D eigenvalue weighted by Gasteiger charge is 2.15. The molecule has 72 valence electrons. The molecule has 4 heteroatoms. The number of rotatable bonds is 1. The number of hydrogen-bond acceptors (Lipinski definition) is 3. The van der Waals surface area contributed by atoms with Crippen molar-refractivity contribution in [1.82, 2.24) is 0 Å². The van der Waals surface area contributed by atoms with Gasteiger partial charge in [0, 0.05) is 19.9 Å². The fraction of sp³-hybridized carbons (Fsp3) is 0.100. The van der Waals surface area contributed by atoms with Crippen molar-refractivity contribution < 1.29 is 9.90 Å². The Bertz CT molecular complexity index is 514. The molecule has 2 nitrogen and oxygen atoms in total. The monoisotopic (exact) mass is 224 g/mol. The molecule has 1 aromatic carbocycles. The van der Waals surface area contributed by atoms with E-state index < -0.39 is 5.97 Å². The number of carboxylic acids is 1. The van der Waals surface area contributed by atoms with Gasteiger partial charge in [0.15, 0.2) is 0 Å². The Morgan fingerprint density at radius 1 is 1.50 bits per heavy atom. The van der Waals surface area contributed by atoms with Crippen molar-refractivity contribution in [3.63, 3.8) is 0 Å². The molecule has 14 heavy (non-hydrogen) atoms. The average Bonchev–Trinajstić information content (AvgIpc) is 2.42. The highest BCUT2D eigenvalue weighted by molar-refractivity contribution is 7.80. The Hall–Kier alpha value is -1.00. The molecule has 2 aromatic rings. The second kappa shape index (κ2) is 3.29. The lowest BCUT2D eigenvalue weighted by Crippen LogP contribution is -1.96. The van der Waals surface area contributed by atoms with Gasteiger partial charge in [0.25, 0.3) is 0 Å². The van der Waals surface area contributed by atoms with E-state index in [-0.39, 0.29) is 0 Å². The van der Waals surface area contributed by atoms with Gasteiger partial charge < -0.3 is 5.11 Å². The number of aromatic carboxylic acids is 1. The molecule has 0 amide bonds. The summed E-state index contributed by atoms with van der Waals surface area (Å²) in [6.07, 6.45) is 0. The summed E-state index contributed by atoms with van der Waals surface area (Å²) >= 11 is 5.77. The fourth-order valence-electron chi connectivity index (χ4n) is 1.49. The first-order chi connectivity index (χ1) is 6.61. The molecule has 0 aliphatic carbocycles. The van der Waals surface area contributed by atoms with Crippen LogP contribution < -0.4 is 0 Å². The van der Waals surface area contributed by atoms with Crippen LogP contribution in [0.3, 0.4) is 0 Å². The minimum Gasteiger partial charge on any atom is -0.478 e. The smallest absolute Gasteiger partial charge is 0.337 e. The largest absolute Gasteiger partial charge is 0.478 e. The minimum atomic E-state index is -0.868. The van der Waals surface area contributed by atoms with Crippen molar-refractivity contribution in [2.45, 2.75) is 11.8 Å². The number of carbonyl (C=O) groups is 1. The molecule has 1 aromatic heterocycles. The molecule has 0 atom stereocenters. The second-order valence-corrected chi connectivity index (χ2v) is 4.70. The van der Waals surface area contributed by atoms with Gasteiger partial charge in [0.1, 0.15) is 0 Å². The normalized spacial score (nSPS) is 10.7. The number of thiophene rings is 1. The second-order valence-electron chi connectivity index (χ2n) is 2.99. The molecular formula is C10H8O2S2. The van der Waals surface area contributed by atoms with Crippen LogP contribution in [0.4, 0.5) is 0 Å². The van der Waals surface area contributed by atoms with Gasteiger partial charge in [-0.05, 0) is 13.0 Å². The number of fused-ring (bicyclic) bond motifs is 1. The van der Waals surface area contributed by atoms with Crippen molar-refractivity contribution in [1.29, 1.82) is 0 Å². The van der Waals surface area contributed by atoms with E-state index in [4.69, 9.17) is 5.11 Å². The zero-order valence-corrected chi connectivity index (χ0v) is 9.15. The predicted octanol–water partition coefficient (Wildman–Crippen LogP) is 3.20. The molecule has 0 saturated heterocycles. The standard InChI is InChI=1S/C10H8O2S2/c1-5-8(10(11)12)6-3-2-4-7(13)9(6)14-5/h2-4,13H,1H3,(H,11,12). The summed E-state index contributed by atoms with van der Waals surface area (Å²) in [5.74, 6) is -0.868. The van der Waals surface area contributed by atoms with Gasteiger partial charge in [-0.2, -0.15) is 0 Å². The lowest BCUT2D eigenvalue weighted by atomic mass is 10.1. The maximum Gasteiger partial charge on any atom is 0.337 e. The van der Waals surface area contributed by atoms with Crippen LogP contribution in [0, 0.1) is 6.92 Å².